The molecule has 0 aliphatic heterocycles. The van der Waals surface area contributed by atoms with Gasteiger partial charge in [-0.1, -0.05) is 0 Å². The fourth-order valence-electron chi connectivity index (χ4n) is 2.15. The van der Waals surface area contributed by atoms with E-state index in [1.54, 1.807) is 12.5 Å². The first kappa shape index (κ1) is 13.3. The number of imidazole rings is 1. The van der Waals surface area contributed by atoms with E-state index in [0.717, 1.165) is 18.5 Å². The molecule has 0 unspecified atom stereocenters. The van der Waals surface area contributed by atoms with Gasteiger partial charge in [0, 0.05) is 17.7 Å². The molecule has 2 aromatic rings. The van der Waals surface area contributed by atoms with E-state index in [0.29, 0.717) is 12.3 Å². The molecule has 0 saturated heterocycles. The highest BCUT2D eigenvalue weighted by Crippen LogP contribution is 2.36. The molecule has 7 nitrogen and oxygen atoms in total. The molecule has 1 heterocycles. The van der Waals surface area contributed by atoms with Crippen molar-refractivity contribution in [3.05, 3.63) is 52.1 Å². The number of rotatable bonds is 6. The molecule has 0 spiro atoms. The lowest BCUT2D eigenvalue weighted by Gasteiger charge is -2.09. The zero-order chi connectivity index (χ0) is 14.8. The van der Waals surface area contributed by atoms with Crippen LogP contribution in [0.1, 0.15) is 34.9 Å². The maximum absolute atomic E-state index is 11.0. The van der Waals surface area contributed by atoms with Gasteiger partial charge in [0.15, 0.2) is 5.75 Å². The van der Waals surface area contributed by atoms with E-state index in [9.17, 15) is 14.9 Å². The van der Waals surface area contributed by atoms with Crippen LogP contribution in [-0.4, -0.2) is 20.8 Å². The van der Waals surface area contributed by atoms with Gasteiger partial charge in [-0.25, -0.2) is 4.98 Å². The molecule has 0 atom stereocenters. The lowest BCUT2D eigenvalue weighted by atomic mass is 10.2. The third-order valence-corrected chi connectivity index (χ3v) is 3.38. The maximum Gasteiger partial charge on any atom is 0.311 e. The van der Waals surface area contributed by atoms with Gasteiger partial charge in [-0.05, 0) is 25.0 Å². The van der Waals surface area contributed by atoms with Crippen molar-refractivity contribution in [2.24, 2.45) is 0 Å². The summed E-state index contributed by atoms with van der Waals surface area (Å²) in [6.07, 6.45) is 6.26. The average molecular weight is 287 g/mol. The number of aromatic nitrogens is 2. The van der Waals surface area contributed by atoms with E-state index < -0.39 is 4.92 Å². The van der Waals surface area contributed by atoms with Crippen LogP contribution in [0.25, 0.3) is 0 Å². The highest BCUT2D eigenvalue weighted by atomic mass is 16.6. The second-order valence-electron chi connectivity index (χ2n) is 4.91. The van der Waals surface area contributed by atoms with Gasteiger partial charge < -0.3 is 9.30 Å². The smallest absolute Gasteiger partial charge is 0.311 e. The summed E-state index contributed by atoms with van der Waals surface area (Å²) in [6.45, 7) is 0.206. The molecular weight excluding hydrogens is 274 g/mol. The highest BCUT2D eigenvalue weighted by molar-refractivity contribution is 5.77. The monoisotopic (exact) mass is 287 g/mol. The normalized spacial score (nSPS) is 13.9. The SMILES string of the molecule is O=Cc1ccc(OCc2cncn2C2CC2)c([N+](=O)[O-])c1. The minimum atomic E-state index is -0.555. The Labute approximate surface area is 120 Å². The average Bonchev–Trinajstić information content (AvgIpc) is 3.23. The van der Waals surface area contributed by atoms with Gasteiger partial charge in [-0.15, -0.1) is 0 Å². The summed E-state index contributed by atoms with van der Waals surface area (Å²) in [7, 11) is 0. The topological polar surface area (TPSA) is 87.3 Å². The predicted octanol–water partition coefficient (Wildman–Crippen LogP) is 2.52. The summed E-state index contributed by atoms with van der Waals surface area (Å²) >= 11 is 0. The molecule has 3 rings (SSSR count). The molecule has 1 aromatic heterocycles. The Kier molecular flexibility index (Phi) is 3.39. The number of nitrogens with zero attached hydrogens (tertiary/aromatic N) is 3. The molecule has 1 fully saturated rings. The Hall–Kier alpha value is -2.70. The number of benzene rings is 1. The Morgan fingerprint density at radius 3 is 2.95 bits per heavy atom. The first-order chi connectivity index (χ1) is 10.2. The maximum atomic E-state index is 11.0. The van der Waals surface area contributed by atoms with Crippen molar-refractivity contribution >= 4 is 12.0 Å². The van der Waals surface area contributed by atoms with Crippen molar-refractivity contribution in [3.63, 3.8) is 0 Å². The van der Waals surface area contributed by atoms with Crippen LogP contribution in [0, 0.1) is 10.1 Å². The minimum Gasteiger partial charge on any atom is -0.480 e. The first-order valence-corrected chi connectivity index (χ1v) is 6.56. The van der Waals surface area contributed by atoms with Gasteiger partial charge >= 0.3 is 5.69 Å². The predicted molar refractivity (Wildman–Crippen MR) is 73.3 cm³/mol. The molecule has 0 bridgehead atoms. The van der Waals surface area contributed by atoms with E-state index in [1.165, 1.54) is 18.2 Å². The van der Waals surface area contributed by atoms with Crippen molar-refractivity contribution in [1.29, 1.82) is 0 Å². The summed E-state index contributed by atoms with van der Waals surface area (Å²) in [5, 5.41) is 11.0. The fraction of sp³-hybridized carbons (Fsp3) is 0.286. The van der Waals surface area contributed by atoms with Crippen molar-refractivity contribution in [2.75, 3.05) is 0 Å². The third-order valence-electron chi connectivity index (χ3n) is 3.38. The molecule has 21 heavy (non-hydrogen) atoms. The highest BCUT2D eigenvalue weighted by Gasteiger charge is 2.25. The zero-order valence-electron chi connectivity index (χ0n) is 11.1. The molecule has 0 N–H and O–H groups in total. The van der Waals surface area contributed by atoms with Gasteiger partial charge in [0.2, 0.25) is 0 Å². The number of hydrogen-bond acceptors (Lipinski definition) is 5. The van der Waals surface area contributed by atoms with E-state index in [1.807, 2.05) is 4.57 Å². The molecule has 1 aliphatic carbocycles. The van der Waals surface area contributed by atoms with Gasteiger partial charge in [-0.2, -0.15) is 0 Å². The van der Waals surface area contributed by atoms with Crippen LogP contribution >= 0.6 is 0 Å². The quantitative estimate of drug-likeness (QED) is 0.463. The van der Waals surface area contributed by atoms with Crippen LogP contribution in [0.15, 0.2) is 30.7 Å². The van der Waals surface area contributed by atoms with Gasteiger partial charge in [0.25, 0.3) is 0 Å². The second-order valence-corrected chi connectivity index (χ2v) is 4.91. The lowest BCUT2D eigenvalue weighted by Crippen LogP contribution is -2.05. The third kappa shape index (κ3) is 2.76. The summed E-state index contributed by atoms with van der Waals surface area (Å²) in [4.78, 5) is 25.2. The van der Waals surface area contributed by atoms with Crippen molar-refractivity contribution in [2.45, 2.75) is 25.5 Å². The number of hydrogen-bond donors (Lipinski definition) is 0. The van der Waals surface area contributed by atoms with Gasteiger partial charge in [-0.3, -0.25) is 14.9 Å². The zero-order valence-corrected chi connectivity index (χ0v) is 11.1. The van der Waals surface area contributed by atoms with E-state index >= 15 is 0 Å². The molecule has 1 aliphatic rings. The fourth-order valence-corrected chi connectivity index (χ4v) is 2.15. The summed E-state index contributed by atoms with van der Waals surface area (Å²) in [6, 6.07) is 4.62. The summed E-state index contributed by atoms with van der Waals surface area (Å²) in [5.41, 5.74) is 0.917. The second kappa shape index (κ2) is 5.35. The first-order valence-electron chi connectivity index (χ1n) is 6.56. The lowest BCUT2D eigenvalue weighted by molar-refractivity contribution is -0.386. The van der Waals surface area contributed by atoms with Gasteiger partial charge in [0.1, 0.15) is 12.9 Å². The molecular formula is C14H13N3O4. The molecule has 1 aromatic carbocycles. The van der Waals surface area contributed by atoms with E-state index in [4.69, 9.17) is 4.74 Å². The Morgan fingerprint density at radius 1 is 1.48 bits per heavy atom. The molecule has 108 valence electrons. The van der Waals surface area contributed by atoms with Crippen molar-refractivity contribution in [3.8, 4) is 5.75 Å². The Bertz CT molecular complexity index is 691. The molecule has 7 heteroatoms. The Morgan fingerprint density at radius 2 is 2.29 bits per heavy atom. The number of carbonyl (C=O) groups excluding carboxylic acids is 1. The van der Waals surface area contributed by atoms with Crippen LogP contribution in [0.5, 0.6) is 5.75 Å². The summed E-state index contributed by atoms with van der Waals surface area (Å²) in [5.74, 6) is 0.147. The van der Waals surface area contributed by atoms with E-state index in [2.05, 4.69) is 4.98 Å². The van der Waals surface area contributed by atoms with Crippen LogP contribution < -0.4 is 4.74 Å². The van der Waals surface area contributed by atoms with Crippen molar-refractivity contribution < 1.29 is 14.5 Å². The number of ether oxygens (including phenoxy) is 1. The molecule has 1 saturated carbocycles. The standard InChI is InChI=1S/C14H13N3O4/c18-7-10-1-4-14(13(5-10)17(19)20)21-8-12-6-15-9-16(12)11-2-3-11/h1,4-7,9,11H,2-3,8H2. The van der Waals surface area contributed by atoms with Crippen LogP contribution in [0.4, 0.5) is 5.69 Å². The minimum absolute atomic E-state index is 0.147. The number of aldehydes is 1. The largest absolute Gasteiger partial charge is 0.480 e. The van der Waals surface area contributed by atoms with Crippen LogP contribution in [0.2, 0.25) is 0 Å². The van der Waals surface area contributed by atoms with Crippen LogP contribution in [0.3, 0.4) is 0 Å². The van der Waals surface area contributed by atoms with E-state index in [-0.39, 0.29) is 23.6 Å². The number of carbonyl (C=O) groups is 1. The summed E-state index contributed by atoms with van der Waals surface area (Å²) < 4.78 is 7.58. The van der Waals surface area contributed by atoms with Crippen LogP contribution in [-0.2, 0) is 6.61 Å². The Balaban J connectivity index is 1.79. The van der Waals surface area contributed by atoms with Gasteiger partial charge in [0.05, 0.1) is 23.1 Å². The number of nitro benzene ring substituents is 1. The molecule has 0 amide bonds. The van der Waals surface area contributed by atoms with Crippen molar-refractivity contribution in [1.82, 2.24) is 9.55 Å². The number of nitro groups is 1. The molecule has 0 radical (unpaired) electrons.